The minimum atomic E-state index is -0.818. The van der Waals surface area contributed by atoms with Gasteiger partial charge in [-0.15, -0.1) is 0 Å². The molecule has 1 aromatic heterocycles. The highest BCUT2D eigenvalue weighted by Crippen LogP contribution is 2.22. The van der Waals surface area contributed by atoms with Crippen LogP contribution in [-0.2, 0) is 25.7 Å². The fraction of sp³-hybridized carbons (Fsp3) is 0.217. The molecule has 0 spiro atoms. The lowest BCUT2D eigenvalue weighted by Gasteiger charge is -2.08. The molecule has 8 heteroatoms. The maximum Gasteiger partial charge on any atom is 0.347 e. The lowest BCUT2D eigenvalue weighted by atomic mass is 10.0. The van der Waals surface area contributed by atoms with Gasteiger partial charge in [0.05, 0.1) is 0 Å². The molecule has 0 unspecified atom stereocenters. The highest BCUT2D eigenvalue weighted by atomic mass is 16.6. The predicted molar refractivity (Wildman–Crippen MR) is 112 cm³/mol. The quantitative estimate of drug-likeness (QED) is 0.455. The molecule has 2 aromatic carbocycles. The van der Waals surface area contributed by atoms with E-state index in [9.17, 15) is 9.59 Å². The molecule has 0 bridgehead atoms. The van der Waals surface area contributed by atoms with E-state index in [1.54, 1.807) is 12.1 Å². The van der Waals surface area contributed by atoms with E-state index in [0.29, 0.717) is 17.4 Å². The van der Waals surface area contributed by atoms with Crippen LogP contribution in [0.15, 0.2) is 70.6 Å². The first-order valence-corrected chi connectivity index (χ1v) is 9.83. The van der Waals surface area contributed by atoms with Gasteiger partial charge in [-0.3, -0.25) is 4.79 Å². The van der Waals surface area contributed by atoms with E-state index in [0.717, 1.165) is 5.56 Å². The van der Waals surface area contributed by atoms with Crippen molar-refractivity contribution in [3.8, 4) is 11.4 Å². The predicted octanol–water partition coefficient (Wildman–Crippen LogP) is 3.83. The summed E-state index contributed by atoms with van der Waals surface area (Å²) < 4.78 is 15.7. The van der Waals surface area contributed by atoms with Crippen LogP contribution in [-0.4, -0.2) is 28.5 Å². The Morgan fingerprint density at radius 2 is 1.87 bits per heavy atom. The molecule has 8 nitrogen and oxygen atoms in total. The van der Waals surface area contributed by atoms with Crippen molar-refractivity contribution in [1.29, 1.82) is 0 Å². The number of nitrogens with zero attached hydrogens (tertiary/aromatic N) is 2. The van der Waals surface area contributed by atoms with E-state index in [1.807, 2.05) is 42.5 Å². The lowest BCUT2D eigenvalue weighted by molar-refractivity contribution is -0.142. The molecular formula is C23H21N3O5. The Hall–Kier alpha value is -3.94. The van der Waals surface area contributed by atoms with Gasteiger partial charge in [0.25, 0.3) is 5.89 Å². The summed E-state index contributed by atoms with van der Waals surface area (Å²) in [6, 6.07) is 16.9. The van der Waals surface area contributed by atoms with Crippen molar-refractivity contribution in [3.05, 3.63) is 77.5 Å². The van der Waals surface area contributed by atoms with Crippen LogP contribution in [0.3, 0.4) is 0 Å². The number of Topliss-reactive ketones (excluding diaryl/α,β-unsaturated/α-hetero) is 1. The van der Waals surface area contributed by atoms with Gasteiger partial charge in [0, 0.05) is 11.3 Å². The van der Waals surface area contributed by atoms with Gasteiger partial charge < -0.3 is 19.3 Å². The molecular weight excluding hydrogens is 398 g/mol. The Kier molecular flexibility index (Phi) is 5.79. The normalized spacial score (nSPS) is 13.5. The number of esters is 1. The molecule has 4 rings (SSSR count). The summed E-state index contributed by atoms with van der Waals surface area (Å²) in [4.78, 5) is 28.9. The molecule has 0 saturated heterocycles. The molecule has 0 saturated carbocycles. The highest BCUT2D eigenvalue weighted by Gasteiger charge is 2.32. The van der Waals surface area contributed by atoms with Crippen molar-refractivity contribution in [2.75, 3.05) is 11.9 Å². The number of nitrogens with one attached hydrogen (secondary N) is 1. The largest absolute Gasteiger partial charge is 0.470 e. The SMILES string of the molecule is CC(C)c1ccc(-c2noc(COC(=O)C3=C(Nc4ccccc4)OCC3=O)n2)cc1. The van der Waals surface area contributed by atoms with Crippen molar-refractivity contribution >= 4 is 17.4 Å². The van der Waals surface area contributed by atoms with Crippen molar-refractivity contribution in [2.45, 2.75) is 26.4 Å². The van der Waals surface area contributed by atoms with Gasteiger partial charge in [0.2, 0.25) is 17.5 Å². The molecule has 1 aliphatic heterocycles. The van der Waals surface area contributed by atoms with Gasteiger partial charge in [0.1, 0.15) is 0 Å². The average Bonchev–Trinajstić information content (AvgIpc) is 3.40. The minimum absolute atomic E-state index is 0.0673. The zero-order valence-electron chi connectivity index (χ0n) is 17.1. The zero-order valence-corrected chi connectivity index (χ0v) is 17.1. The van der Waals surface area contributed by atoms with Crippen molar-refractivity contribution in [3.63, 3.8) is 0 Å². The number of anilines is 1. The van der Waals surface area contributed by atoms with E-state index in [2.05, 4.69) is 29.3 Å². The van der Waals surface area contributed by atoms with Gasteiger partial charge in [-0.2, -0.15) is 4.98 Å². The van der Waals surface area contributed by atoms with Crippen LogP contribution < -0.4 is 5.32 Å². The summed E-state index contributed by atoms with van der Waals surface area (Å²) in [6.07, 6.45) is 0. The monoisotopic (exact) mass is 419 g/mol. The van der Waals surface area contributed by atoms with Crippen LogP contribution in [0.5, 0.6) is 0 Å². The highest BCUT2D eigenvalue weighted by molar-refractivity contribution is 6.19. The Balaban J connectivity index is 1.42. The first-order chi connectivity index (χ1) is 15.0. The van der Waals surface area contributed by atoms with Crippen molar-refractivity contribution in [2.24, 2.45) is 0 Å². The Morgan fingerprint density at radius 3 is 2.58 bits per heavy atom. The molecule has 1 N–H and O–H groups in total. The molecule has 0 aliphatic carbocycles. The third kappa shape index (κ3) is 4.63. The first-order valence-electron chi connectivity index (χ1n) is 9.83. The van der Waals surface area contributed by atoms with Gasteiger partial charge in [-0.25, -0.2) is 4.79 Å². The lowest BCUT2D eigenvalue weighted by Crippen LogP contribution is -2.16. The van der Waals surface area contributed by atoms with Gasteiger partial charge >= 0.3 is 5.97 Å². The Bertz CT molecular complexity index is 1120. The number of carbonyl (C=O) groups is 2. The number of rotatable bonds is 7. The van der Waals surface area contributed by atoms with Gasteiger partial charge in [0.15, 0.2) is 18.8 Å². The molecule has 0 atom stereocenters. The molecule has 0 fully saturated rings. The fourth-order valence-electron chi connectivity index (χ4n) is 3.01. The van der Waals surface area contributed by atoms with Crippen LogP contribution in [0.25, 0.3) is 11.4 Å². The standard InChI is InChI=1S/C23H21N3O5/c1-14(2)15-8-10-16(11-9-15)21-25-19(31-26-21)13-30-23(28)20-18(27)12-29-22(20)24-17-6-4-3-5-7-17/h3-11,14,24H,12-13H2,1-2H3. The van der Waals surface area contributed by atoms with Crippen LogP contribution >= 0.6 is 0 Å². The number of ketones is 1. The average molecular weight is 419 g/mol. The molecule has 3 aromatic rings. The summed E-state index contributed by atoms with van der Waals surface area (Å²) in [5.74, 6) is -0.264. The summed E-state index contributed by atoms with van der Waals surface area (Å²) >= 11 is 0. The van der Waals surface area contributed by atoms with E-state index in [-0.39, 0.29) is 30.6 Å². The number of carbonyl (C=O) groups excluding carboxylic acids is 2. The second-order valence-corrected chi connectivity index (χ2v) is 7.27. The number of hydrogen-bond donors (Lipinski definition) is 1. The number of benzene rings is 2. The summed E-state index contributed by atoms with van der Waals surface area (Å²) in [5.41, 5.74) is 2.51. The van der Waals surface area contributed by atoms with E-state index in [1.165, 1.54) is 5.56 Å². The van der Waals surface area contributed by atoms with Gasteiger partial charge in [-0.1, -0.05) is 61.5 Å². The Labute approximate surface area is 178 Å². The second kappa shape index (κ2) is 8.83. The number of ether oxygens (including phenoxy) is 2. The van der Waals surface area contributed by atoms with Crippen LogP contribution in [0.1, 0.15) is 31.2 Å². The van der Waals surface area contributed by atoms with E-state index < -0.39 is 11.8 Å². The Morgan fingerprint density at radius 1 is 1.13 bits per heavy atom. The van der Waals surface area contributed by atoms with Crippen molar-refractivity contribution in [1.82, 2.24) is 10.1 Å². The molecule has 158 valence electrons. The first kappa shape index (κ1) is 20.3. The molecule has 31 heavy (non-hydrogen) atoms. The molecule has 0 amide bonds. The number of hydrogen-bond acceptors (Lipinski definition) is 8. The zero-order chi connectivity index (χ0) is 21.8. The molecule has 2 heterocycles. The third-order valence-corrected chi connectivity index (χ3v) is 4.72. The maximum absolute atomic E-state index is 12.5. The topological polar surface area (TPSA) is 104 Å². The van der Waals surface area contributed by atoms with Gasteiger partial charge in [-0.05, 0) is 23.6 Å². The number of aromatic nitrogens is 2. The maximum atomic E-state index is 12.5. The van der Waals surface area contributed by atoms with Crippen LogP contribution in [0.2, 0.25) is 0 Å². The van der Waals surface area contributed by atoms with Crippen LogP contribution in [0, 0.1) is 0 Å². The number of para-hydroxylation sites is 1. The van der Waals surface area contributed by atoms with Crippen molar-refractivity contribution < 1.29 is 23.6 Å². The van der Waals surface area contributed by atoms with E-state index >= 15 is 0 Å². The van der Waals surface area contributed by atoms with E-state index in [4.69, 9.17) is 14.0 Å². The fourth-order valence-corrected chi connectivity index (χ4v) is 3.01. The molecule has 1 aliphatic rings. The van der Waals surface area contributed by atoms with Crippen LogP contribution in [0.4, 0.5) is 5.69 Å². The summed E-state index contributed by atoms with van der Waals surface area (Å²) in [5, 5.41) is 6.85. The third-order valence-electron chi connectivity index (χ3n) is 4.72. The summed E-state index contributed by atoms with van der Waals surface area (Å²) in [7, 11) is 0. The smallest absolute Gasteiger partial charge is 0.347 e. The summed E-state index contributed by atoms with van der Waals surface area (Å²) in [6.45, 7) is 3.75. The molecule has 0 radical (unpaired) electrons. The minimum Gasteiger partial charge on any atom is -0.470 e. The second-order valence-electron chi connectivity index (χ2n) is 7.27.